The lowest BCUT2D eigenvalue weighted by molar-refractivity contribution is -0.144. The first-order valence-corrected chi connectivity index (χ1v) is 10.2. The summed E-state index contributed by atoms with van der Waals surface area (Å²) in [4.78, 5) is 11.9. The van der Waals surface area contributed by atoms with E-state index in [4.69, 9.17) is 13.9 Å². The molecule has 0 spiro atoms. The van der Waals surface area contributed by atoms with Crippen molar-refractivity contribution >= 4 is 16.0 Å². The molecule has 152 valence electrons. The smallest absolute Gasteiger partial charge is 0.321 e. The number of nitrogens with zero attached hydrogens (tertiary/aromatic N) is 2. The van der Waals surface area contributed by atoms with Gasteiger partial charge in [0.05, 0.1) is 11.5 Å². The third kappa shape index (κ3) is 5.62. The van der Waals surface area contributed by atoms with Crippen LogP contribution in [0.25, 0.3) is 11.5 Å². The van der Waals surface area contributed by atoms with E-state index >= 15 is 0 Å². The monoisotopic (exact) mass is 417 g/mol. The average Bonchev–Trinajstić information content (AvgIpc) is 3.21. The number of hydrogen-bond donors (Lipinski definition) is 1. The first-order chi connectivity index (χ1) is 14.0. The number of esters is 1. The molecular formula is C19H19N3O6S. The average molecular weight is 417 g/mol. The summed E-state index contributed by atoms with van der Waals surface area (Å²) in [6.07, 6.45) is 0. The molecular weight excluding hydrogens is 398 g/mol. The molecule has 0 bridgehead atoms. The van der Waals surface area contributed by atoms with Gasteiger partial charge in [0.1, 0.15) is 12.3 Å². The van der Waals surface area contributed by atoms with Crippen molar-refractivity contribution in [3.05, 3.63) is 60.5 Å². The number of rotatable bonds is 9. The summed E-state index contributed by atoms with van der Waals surface area (Å²) in [5.74, 6) is 0.179. The van der Waals surface area contributed by atoms with Crippen molar-refractivity contribution in [2.75, 3.05) is 13.2 Å². The summed E-state index contributed by atoms with van der Waals surface area (Å²) in [7, 11) is -3.86. The molecule has 29 heavy (non-hydrogen) atoms. The molecule has 2 aromatic carbocycles. The molecule has 0 aliphatic carbocycles. The largest absolute Gasteiger partial charge is 0.494 e. The quantitative estimate of drug-likeness (QED) is 0.526. The van der Waals surface area contributed by atoms with E-state index in [1.54, 1.807) is 12.1 Å². The minimum absolute atomic E-state index is 0.0122. The van der Waals surface area contributed by atoms with E-state index in [1.165, 1.54) is 24.3 Å². The van der Waals surface area contributed by atoms with Crippen molar-refractivity contribution in [3.63, 3.8) is 0 Å². The molecule has 0 atom stereocenters. The maximum atomic E-state index is 12.2. The second kappa shape index (κ2) is 9.30. The summed E-state index contributed by atoms with van der Waals surface area (Å²) < 4.78 is 42.3. The lowest BCUT2D eigenvalue weighted by atomic mass is 10.2. The number of benzene rings is 2. The zero-order chi connectivity index (χ0) is 20.7. The van der Waals surface area contributed by atoms with E-state index in [0.717, 1.165) is 5.56 Å². The molecule has 1 heterocycles. The third-order valence-corrected chi connectivity index (χ3v) is 5.11. The Morgan fingerprint density at radius 2 is 1.79 bits per heavy atom. The SMILES string of the molecule is CCOc1ccc(S(=O)(=O)NCC(=O)OCc2nnc(-c3ccccc3)o2)cc1. The van der Waals surface area contributed by atoms with Crippen LogP contribution in [0.1, 0.15) is 12.8 Å². The summed E-state index contributed by atoms with van der Waals surface area (Å²) in [6, 6.07) is 15.0. The molecule has 0 saturated carbocycles. The lowest BCUT2D eigenvalue weighted by Crippen LogP contribution is -2.30. The van der Waals surface area contributed by atoms with Gasteiger partial charge in [0.15, 0.2) is 6.61 Å². The molecule has 9 nitrogen and oxygen atoms in total. The molecule has 3 aromatic rings. The maximum absolute atomic E-state index is 12.2. The van der Waals surface area contributed by atoms with Crippen LogP contribution >= 0.6 is 0 Å². The van der Waals surface area contributed by atoms with Crippen LogP contribution in [0.15, 0.2) is 63.9 Å². The molecule has 0 aliphatic heterocycles. The summed E-state index contributed by atoms with van der Waals surface area (Å²) >= 11 is 0. The summed E-state index contributed by atoms with van der Waals surface area (Å²) in [5.41, 5.74) is 0.737. The van der Waals surface area contributed by atoms with Gasteiger partial charge >= 0.3 is 5.97 Å². The number of carbonyl (C=O) groups excluding carboxylic acids is 1. The number of sulfonamides is 1. The van der Waals surface area contributed by atoms with Gasteiger partial charge in [0.2, 0.25) is 15.9 Å². The van der Waals surface area contributed by atoms with Crippen molar-refractivity contribution in [3.8, 4) is 17.2 Å². The van der Waals surface area contributed by atoms with E-state index in [0.29, 0.717) is 18.2 Å². The summed E-state index contributed by atoms with van der Waals surface area (Å²) in [6.45, 7) is 1.51. The summed E-state index contributed by atoms with van der Waals surface area (Å²) in [5, 5.41) is 7.68. The van der Waals surface area contributed by atoms with Crippen LogP contribution in [0.2, 0.25) is 0 Å². The molecule has 0 fully saturated rings. The first-order valence-electron chi connectivity index (χ1n) is 8.74. The minimum Gasteiger partial charge on any atom is -0.494 e. The maximum Gasteiger partial charge on any atom is 0.321 e. The van der Waals surface area contributed by atoms with E-state index in [-0.39, 0.29) is 17.4 Å². The molecule has 0 radical (unpaired) electrons. The van der Waals surface area contributed by atoms with Crippen LogP contribution in [-0.4, -0.2) is 37.7 Å². The number of aromatic nitrogens is 2. The van der Waals surface area contributed by atoms with E-state index in [1.807, 2.05) is 25.1 Å². The Morgan fingerprint density at radius 3 is 2.48 bits per heavy atom. The predicted octanol–water partition coefficient (Wildman–Crippen LogP) is 2.16. The van der Waals surface area contributed by atoms with Gasteiger partial charge < -0.3 is 13.9 Å². The fourth-order valence-electron chi connectivity index (χ4n) is 2.32. The van der Waals surface area contributed by atoms with Crippen LogP contribution in [-0.2, 0) is 26.2 Å². The lowest BCUT2D eigenvalue weighted by Gasteiger charge is -2.08. The zero-order valence-corrected chi connectivity index (χ0v) is 16.4. The highest BCUT2D eigenvalue weighted by Crippen LogP contribution is 2.17. The van der Waals surface area contributed by atoms with Crippen molar-refractivity contribution < 1.29 is 27.1 Å². The van der Waals surface area contributed by atoms with Crippen molar-refractivity contribution in [2.24, 2.45) is 0 Å². The van der Waals surface area contributed by atoms with Crippen LogP contribution in [0, 0.1) is 0 Å². The standard InChI is InChI=1S/C19H19N3O6S/c1-2-26-15-8-10-16(11-9-15)29(24,25)20-12-18(23)27-13-17-21-22-19(28-17)14-6-4-3-5-7-14/h3-11,20H,2,12-13H2,1H3. The Hall–Kier alpha value is -3.24. The molecule has 3 rings (SSSR count). The topological polar surface area (TPSA) is 121 Å². The van der Waals surface area contributed by atoms with Crippen molar-refractivity contribution in [1.82, 2.24) is 14.9 Å². The van der Waals surface area contributed by atoms with Crippen molar-refractivity contribution in [1.29, 1.82) is 0 Å². The number of hydrogen-bond acceptors (Lipinski definition) is 8. The predicted molar refractivity (Wildman–Crippen MR) is 102 cm³/mol. The van der Waals surface area contributed by atoms with Crippen LogP contribution in [0.5, 0.6) is 5.75 Å². The highest BCUT2D eigenvalue weighted by atomic mass is 32.2. The number of nitrogens with one attached hydrogen (secondary N) is 1. The van der Waals surface area contributed by atoms with Gasteiger partial charge in [-0.3, -0.25) is 4.79 Å². The Labute approximate surface area is 167 Å². The van der Waals surface area contributed by atoms with Gasteiger partial charge in [-0.15, -0.1) is 10.2 Å². The van der Waals surface area contributed by atoms with E-state index in [2.05, 4.69) is 14.9 Å². The van der Waals surface area contributed by atoms with Gasteiger partial charge in [0, 0.05) is 5.56 Å². The number of carbonyl (C=O) groups is 1. The molecule has 0 aliphatic rings. The number of ether oxygens (including phenoxy) is 2. The molecule has 1 N–H and O–H groups in total. The second-order valence-electron chi connectivity index (χ2n) is 5.76. The fraction of sp³-hybridized carbons (Fsp3) is 0.211. The van der Waals surface area contributed by atoms with Gasteiger partial charge in [-0.2, -0.15) is 4.72 Å². The van der Waals surface area contributed by atoms with Crippen LogP contribution in [0.4, 0.5) is 0 Å². The van der Waals surface area contributed by atoms with Gasteiger partial charge in [-0.1, -0.05) is 18.2 Å². The molecule has 0 saturated heterocycles. The van der Waals surface area contributed by atoms with E-state index in [9.17, 15) is 13.2 Å². The van der Waals surface area contributed by atoms with Crippen molar-refractivity contribution in [2.45, 2.75) is 18.4 Å². The Kier molecular flexibility index (Phi) is 6.57. The normalized spacial score (nSPS) is 11.2. The Balaban J connectivity index is 1.50. The van der Waals surface area contributed by atoms with Gasteiger partial charge in [0.25, 0.3) is 5.89 Å². The van der Waals surface area contributed by atoms with Gasteiger partial charge in [-0.25, -0.2) is 8.42 Å². The third-order valence-electron chi connectivity index (χ3n) is 3.70. The first kappa shape index (κ1) is 20.5. The second-order valence-corrected chi connectivity index (χ2v) is 7.52. The zero-order valence-electron chi connectivity index (χ0n) is 15.6. The van der Waals surface area contributed by atoms with Crippen LogP contribution in [0.3, 0.4) is 0 Å². The highest BCUT2D eigenvalue weighted by Gasteiger charge is 2.17. The highest BCUT2D eigenvalue weighted by molar-refractivity contribution is 7.89. The Bertz CT molecular complexity index is 1050. The molecule has 10 heteroatoms. The molecule has 1 aromatic heterocycles. The fourth-order valence-corrected chi connectivity index (χ4v) is 3.29. The molecule has 0 amide bonds. The minimum atomic E-state index is -3.86. The Morgan fingerprint density at radius 1 is 1.07 bits per heavy atom. The molecule has 0 unspecified atom stereocenters. The van der Waals surface area contributed by atoms with Gasteiger partial charge in [-0.05, 0) is 43.3 Å². The van der Waals surface area contributed by atoms with Crippen LogP contribution < -0.4 is 9.46 Å². The van der Waals surface area contributed by atoms with E-state index < -0.39 is 22.5 Å².